The van der Waals surface area contributed by atoms with Crippen LogP contribution in [0.3, 0.4) is 0 Å². The van der Waals surface area contributed by atoms with Crippen LogP contribution in [0.2, 0.25) is 0 Å². The van der Waals surface area contributed by atoms with E-state index in [-0.39, 0.29) is 0 Å². The normalized spacial score (nSPS) is 13.4. The lowest BCUT2D eigenvalue weighted by Gasteiger charge is -2.11. The molecule has 0 atom stereocenters. The molecule has 0 bridgehead atoms. The number of rotatable bonds is 6. The third kappa shape index (κ3) is 5.41. The number of aliphatic imine (C=N–C) groups is 1. The van der Waals surface area contributed by atoms with Crippen molar-refractivity contribution in [1.82, 2.24) is 4.98 Å². The number of benzene rings is 2. The maximum Gasteiger partial charge on any atom is 0.213 e. The molecule has 30 heavy (non-hydrogen) atoms. The number of fused-ring (bicyclic) bond motifs is 1. The second-order valence-corrected chi connectivity index (χ2v) is 6.82. The van der Waals surface area contributed by atoms with Gasteiger partial charge in [-0.15, -0.1) is 0 Å². The van der Waals surface area contributed by atoms with E-state index in [1.807, 2.05) is 60.7 Å². The van der Waals surface area contributed by atoms with Crippen molar-refractivity contribution < 1.29 is 14.2 Å². The monoisotopic (exact) mass is 404 g/mol. The SMILES string of the molecule is NC(=NCc1ccnc(OCc2ccccc2)c1)Nc1ccc2c(c1)OCCCO2. The Morgan fingerprint density at radius 1 is 1.00 bits per heavy atom. The summed E-state index contributed by atoms with van der Waals surface area (Å²) in [5.74, 6) is 2.32. The summed E-state index contributed by atoms with van der Waals surface area (Å²) in [7, 11) is 0. The fraction of sp³-hybridized carbons (Fsp3) is 0.217. The van der Waals surface area contributed by atoms with Crippen molar-refractivity contribution >= 4 is 11.6 Å². The summed E-state index contributed by atoms with van der Waals surface area (Å²) in [6, 6.07) is 19.4. The number of nitrogens with zero attached hydrogens (tertiary/aromatic N) is 2. The molecule has 0 saturated carbocycles. The Labute approximate surface area is 175 Å². The Balaban J connectivity index is 1.34. The second kappa shape index (κ2) is 9.65. The molecule has 0 aliphatic carbocycles. The first-order valence-electron chi connectivity index (χ1n) is 9.84. The molecular formula is C23H24N4O3. The van der Waals surface area contributed by atoms with Crippen molar-refractivity contribution in [3.8, 4) is 17.4 Å². The molecule has 1 aromatic heterocycles. The molecular weight excluding hydrogens is 380 g/mol. The van der Waals surface area contributed by atoms with Gasteiger partial charge >= 0.3 is 0 Å². The molecule has 0 spiro atoms. The van der Waals surface area contributed by atoms with Gasteiger partial charge in [-0.3, -0.25) is 0 Å². The summed E-state index contributed by atoms with van der Waals surface area (Å²) in [5.41, 5.74) is 8.89. The summed E-state index contributed by atoms with van der Waals surface area (Å²) in [4.78, 5) is 8.66. The number of ether oxygens (including phenoxy) is 3. The van der Waals surface area contributed by atoms with Gasteiger partial charge in [-0.25, -0.2) is 9.98 Å². The molecule has 0 radical (unpaired) electrons. The molecule has 3 N–H and O–H groups in total. The van der Waals surface area contributed by atoms with Gasteiger partial charge in [0.2, 0.25) is 5.88 Å². The Bertz CT molecular complexity index is 1010. The highest BCUT2D eigenvalue weighted by Gasteiger charge is 2.11. The van der Waals surface area contributed by atoms with E-state index in [4.69, 9.17) is 19.9 Å². The maximum atomic E-state index is 6.05. The number of hydrogen-bond acceptors (Lipinski definition) is 5. The van der Waals surface area contributed by atoms with Gasteiger partial charge in [-0.1, -0.05) is 30.3 Å². The zero-order chi connectivity index (χ0) is 20.6. The van der Waals surface area contributed by atoms with E-state index >= 15 is 0 Å². The van der Waals surface area contributed by atoms with Gasteiger partial charge in [-0.05, 0) is 29.3 Å². The van der Waals surface area contributed by atoms with E-state index in [2.05, 4.69) is 15.3 Å². The van der Waals surface area contributed by atoms with Crippen LogP contribution in [0.4, 0.5) is 5.69 Å². The molecule has 3 aromatic rings. The number of anilines is 1. The Morgan fingerprint density at radius 2 is 1.83 bits per heavy atom. The van der Waals surface area contributed by atoms with E-state index in [0.717, 1.165) is 29.0 Å². The van der Waals surface area contributed by atoms with Crippen LogP contribution in [0.25, 0.3) is 0 Å². The summed E-state index contributed by atoms with van der Waals surface area (Å²) >= 11 is 0. The molecule has 4 rings (SSSR count). The number of aromatic nitrogens is 1. The minimum absolute atomic E-state index is 0.313. The van der Waals surface area contributed by atoms with Crippen LogP contribution in [0.5, 0.6) is 17.4 Å². The fourth-order valence-corrected chi connectivity index (χ4v) is 2.96. The van der Waals surface area contributed by atoms with Gasteiger partial charge in [0.1, 0.15) is 6.61 Å². The predicted octanol–water partition coefficient (Wildman–Crippen LogP) is 3.75. The van der Waals surface area contributed by atoms with Crippen molar-refractivity contribution in [3.63, 3.8) is 0 Å². The molecule has 7 nitrogen and oxygen atoms in total. The maximum absolute atomic E-state index is 6.05. The van der Waals surface area contributed by atoms with Crippen LogP contribution in [-0.2, 0) is 13.2 Å². The lowest BCUT2D eigenvalue weighted by atomic mass is 10.2. The summed E-state index contributed by atoms with van der Waals surface area (Å²) in [5, 5.41) is 3.09. The van der Waals surface area contributed by atoms with Gasteiger partial charge < -0.3 is 25.3 Å². The minimum Gasteiger partial charge on any atom is -0.490 e. The smallest absolute Gasteiger partial charge is 0.213 e. The fourth-order valence-electron chi connectivity index (χ4n) is 2.96. The van der Waals surface area contributed by atoms with Crippen LogP contribution < -0.4 is 25.3 Å². The summed E-state index contributed by atoms with van der Waals surface area (Å²) in [6.45, 7) is 2.17. The molecule has 0 saturated heterocycles. The zero-order valence-corrected chi connectivity index (χ0v) is 16.6. The van der Waals surface area contributed by atoms with E-state index in [9.17, 15) is 0 Å². The molecule has 7 heteroatoms. The quantitative estimate of drug-likeness (QED) is 0.480. The first-order chi connectivity index (χ1) is 14.8. The molecule has 2 aromatic carbocycles. The Kier molecular flexibility index (Phi) is 6.29. The number of nitrogens with one attached hydrogen (secondary N) is 1. The lowest BCUT2D eigenvalue weighted by Crippen LogP contribution is -2.22. The highest BCUT2D eigenvalue weighted by Crippen LogP contribution is 2.32. The Morgan fingerprint density at radius 3 is 2.70 bits per heavy atom. The second-order valence-electron chi connectivity index (χ2n) is 6.82. The van der Waals surface area contributed by atoms with Crippen molar-refractivity contribution in [2.24, 2.45) is 10.7 Å². The number of nitrogens with two attached hydrogens (primary N) is 1. The highest BCUT2D eigenvalue weighted by molar-refractivity contribution is 5.92. The van der Waals surface area contributed by atoms with Crippen molar-refractivity contribution in [1.29, 1.82) is 0 Å². The van der Waals surface area contributed by atoms with Gasteiger partial charge in [0.05, 0.1) is 19.8 Å². The van der Waals surface area contributed by atoms with E-state index < -0.39 is 0 Å². The number of pyridine rings is 1. The van der Waals surface area contributed by atoms with E-state index in [1.165, 1.54) is 0 Å². The predicted molar refractivity (Wildman–Crippen MR) is 116 cm³/mol. The minimum atomic E-state index is 0.313. The van der Waals surface area contributed by atoms with Crippen LogP contribution >= 0.6 is 0 Å². The average molecular weight is 404 g/mol. The lowest BCUT2D eigenvalue weighted by molar-refractivity contribution is 0.293. The number of hydrogen-bond donors (Lipinski definition) is 2. The first-order valence-corrected chi connectivity index (χ1v) is 9.84. The van der Waals surface area contributed by atoms with Crippen LogP contribution in [0, 0.1) is 0 Å². The zero-order valence-electron chi connectivity index (χ0n) is 16.6. The van der Waals surface area contributed by atoms with Gasteiger partial charge in [-0.2, -0.15) is 0 Å². The Hall–Kier alpha value is -3.74. The van der Waals surface area contributed by atoms with Gasteiger partial charge in [0.25, 0.3) is 0 Å². The van der Waals surface area contributed by atoms with Crippen LogP contribution in [-0.4, -0.2) is 24.2 Å². The number of guanidine groups is 1. The van der Waals surface area contributed by atoms with Crippen molar-refractivity contribution in [2.75, 3.05) is 18.5 Å². The molecule has 1 aliphatic heterocycles. The standard InChI is InChI=1S/C23H24N4O3/c24-23(27-19-7-8-20-21(14-19)29-12-4-11-28-20)26-15-18-9-10-25-22(13-18)30-16-17-5-2-1-3-6-17/h1-3,5-10,13-14H,4,11-12,15-16H2,(H3,24,26,27). The topological polar surface area (TPSA) is 91.0 Å². The summed E-state index contributed by atoms with van der Waals surface area (Å²) < 4.78 is 17.1. The molecule has 2 heterocycles. The highest BCUT2D eigenvalue weighted by atomic mass is 16.5. The molecule has 0 fully saturated rings. The summed E-state index contributed by atoms with van der Waals surface area (Å²) in [6.07, 6.45) is 2.57. The van der Waals surface area contributed by atoms with Crippen molar-refractivity contribution in [3.05, 3.63) is 78.0 Å². The third-order valence-electron chi connectivity index (χ3n) is 4.48. The van der Waals surface area contributed by atoms with Gasteiger partial charge in [0, 0.05) is 30.4 Å². The van der Waals surface area contributed by atoms with Crippen LogP contribution in [0.1, 0.15) is 17.5 Å². The van der Waals surface area contributed by atoms with Crippen LogP contribution in [0.15, 0.2) is 71.9 Å². The van der Waals surface area contributed by atoms with Crippen molar-refractivity contribution in [2.45, 2.75) is 19.6 Å². The molecule has 0 amide bonds. The molecule has 154 valence electrons. The largest absolute Gasteiger partial charge is 0.490 e. The average Bonchev–Trinajstić information content (AvgIpc) is 3.02. The third-order valence-corrected chi connectivity index (χ3v) is 4.48. The van der Waals surface area contributed by atoms with E-state index in [1.54, 1.807) is 6.20 Å². The molecule has 1 aliphatic rings. The van der Waals surface area contributed by atoms with Gasteiger partial charge in [0.15, 0.2) is 17.5 Å². The van der Waals surface area contributed by atoms with E-state index in [0.29, 0.717) is 44.0 Å². The first kappa shape index (κ1) is 19.6. The molecule has 0 unspecified atom stereocenters.